The van der Waals surface area contributed by atoms with Crippen LogP contribution in [-0.4, -0.2) is 44.0 Å². The SMILES string of the molecule is CN(C)Cc1ccc(C(=O)Nc2ccc(N(C)C)cn2)cc1. The molecule has 0 fully saturated rings. The Morgan fingerprint density at radius 3 is 2.23 bits per heavy atom. The van der Waals surface area contributed by atoms with E-state index < -0.39 is 0 Å². The lowest BCUT2D eigenvalue weighted by Crippen LogP contribution is -2.14. The fraction of sp³-hybridized carbons (Fsp3) is 0.294. The van der Waals surface area contributed by atoms with Gasteiger partial charge in [-0.05, 0) is 43.9 Å². The van der Waals surface area contributed by atoms with Crippen molar-refractivity contribution in [2.24, 2.45) is 0 Å². The summed E-state index contributed by atoms with van der Waals surface area (Å²) in [4.78, 5) is 20.5. The minimum Gasteiger partial charge on any atom is -0.376 e. The summed E-state index contributed by atoms with van der Waals surface area (Å²) in [6, 6.07) is 11.3. The molecule has 2 rings (SSSR count). The van der Waals surface area contributed by atoms with Crippen molar-refractivity contribution in [3.8, 4) is 0 Å². The molecule has 0 radical (unpaired) electrons. The summed E-state index contributed by atoms with van der Waals surface area (Å²) in [6.45, 7) is 0.857. The summed E-state index contributed by atoms with van der Waals surface area (Å²) < 4.78 is 0. The van der Waals surface area contributed by atoms with Crippen LogP contribution in [0.1, 0.15) is 15.9 Å². The second-order valence-corrected chi connectivity index (χ2v) is 5.68. The van der Waals surface area contributed by atoms with Crippen LogP contribution < -0.4 is 10.2 Å². The molecule has 5 nitrogen and oxygen atoms in total. The maximum Gasteiger partial charge on any atom is 0.256 e. The Balaban J connectivity index is 2.02. The Morgan fingerprint density at radius 1 is 1.05 bits per heavy atom. The lowest BCUT2D eigenvalue weighted by atomic mass is 10.1. The number of amides is 1. The molecule has 116 valence electrons. The van der Waals surface area contributed by atoms with Crippen molar-refractivity contribution >= 4 is 17.4 Å². The number of carbonyl (C=O) groups is 1. The number of pyridine rings is 1. The van der Waals surface area contributed by atoms with Crippen molar-refractivity contribution in [3.05, 3.63) is 53.7 Å². The highest BCUT2D eigenvalue weighted by atomic mass is 16.1. The van der Waals surface area contributed by atoms with Crippen molar-refractivity contribution < 1.29 is 4.79 Å². The van der Waals surface area contributed by atoms with Crippen molar-refractivity contribution in [2.75, 3.05) is 38.4 Å². The molecule has 1 amide bonds. The van der Waals surface area contributed by atoms with E-state index in [-0.39, 0.29) is 5.91 Å². The van der Waals surface area contributed by atoms with Gasteiger partial charge in [0.25, 0.3) is 5.91 Å². The van der Waals surface area contributed by atoms with Gasteiger partial charge >= 0.3 is 0 Å². The smallest absolute Gasteiger partial charge is 0.256 e. The topological polar surface area (TPSA) is 48.5 Å². The standard InChI is InChI=1S/C17H22N4O/c1-20(2)12-13-5-7-14(8-6-13)17(22)19-16-10-9-15(11-18-16)21(3)4/h5-11H,12H2,1-4H3,(H,18,19,22). The highest BCUT2D eigenvalue weighted by Crippen LogP contribution is 2.13. The van der Waals surface area contributed by atoms with Crippen LogP contribution in [0.25, 0.3) is 0 Å². The number of hydrogen-bond acceptors (Lipinski definition) is 4. The number of rotatable bonds is 5. The highest BCUT2D eigenvalue weighted by Gasteiger charge is 2.07. The first-order valence-corrected chi connectivity index (χ1v) is 7.14. The van der Waals surface area contributed by atoms with Crippen molar-refractivity contribution in [1.29, 1.82) is 0 Å². The van der Waals surface area contributed by atoms with Crippen LogP contribution in [-0.2, 0) is 6.54 Å². The summed E-state index contributed by atoms with van der Waals surface area (Å²) >= 11 is 0. The van der Waals surface area contributed by atoms with Crippen LogP contribution >= 0.6 is 0 Å². The molecular weight excluding hydrogens is 276 g/mol. The molecule has 1 aromatic heterocycles. The van der Waals surface area contributed by atoms with Crippen LogP contribution in [0.15, 0.2) is 42.6 Å². The molecular formula is C17H22N4O. The third kappa shape index (κ3) is 4.30. The molecule has 0 unspecified atom stereocenters. The van der Waals surface area contributed by atoms with Crippen LogP contribution in [0.3, 0.4) is 0 Å². The van der Waals surface area contributed by atoms with E-state index in [0.717, 1.165) is 12.2 Å². The Labute approximate surface area is 131 Å². The molecule has 1 aromatic carbocycles. The van der Waals surface area contributed by atoms with Gasteiger partial charge in [-0.15, -0.1) is 0 Å². The van der Waals surface area contributed by atoms with E-state index in [1.54, 1.807) is 12.3 Å². The molecule has 0 aliphatic heterocycles. The van der Waals surface area contributed by atoms with E-state index >= 15 is 0 Å². The van der Waals surface area contributed by atoms with Crippen LogP contribution in [0.4, 0.5) is 11.5 Å². The monoisotopic (exact) mass is 298 g/mol. The summed E-state index contributed by atoms with van der Waals surface area (Å²) in [5, 5.41) is 2.81. The molecule has 0 saturated carbocycles. The molecule has 0 bridgehead atoms. The number of hydrogen-bond donors (Lipinski definition) is 1. The summed E-state index contributed by atoms with van der Waals surface area (Å²) in [6.07, 6.45) is 1.73. The molecule has 2 aromatic rings. The zero-order valence-corrected chi connectivity index (χ0v) is 13.5. The predicted molar refractivity (Wildman–Crippen MR) is 90.4 cm³/mol. The van der Waals surface area contributed by atoms with Gasteiger partial charge in [-0.25, -0.2) is 4.98 Å². The average molecular weight is 298 g/mol. The van der Waals surface area contributed by atoms with Crippen molar-refractivity contribution in [2.45, 2.75) is 6.54 Å². The summed E-state index contributed by atoms with van der Waals surface area (Å²) in [7, 11) is 7.93. The minimum atomic E-state index is -0.151. The molecule has 5 heteroatoms. The quantitative estimate of drug-likeness (QED) is 0.921. The van der Waals surface area contributed by atoms with E-state index in [1.165, 1.54) is 5.56 Å². The molecule has 0 aliphatic rings. The van der Waals surface area contributed by atoms with Gasteiger partial charge in [0.05, 0.1) is 11.9 Å². The van der Waals surface area contributed by atoms with E-state index in [2.05, 4.69) is 15.2 Å². The lowest BCUT2D eigenvalue weighted by molar-refractivity contribution is 0.102. The van der Waals surface area contributed by atoms with Gasteiger partial charge in [-0.1, -0.05) is 12.1 Å². The van der Waals surface area contributed by atoms with Gasteiger partial charge in [0.2, 0.25) is 0 Å². The van der Waals surface area contributed by atoms with Gasteiger partial charge < -0.3 is 15.1 Å². The molecule has 22 heavy (non-hydrogen) atoms. The second kappa shape index (κ2) is 7.04. The molecule has 1 N–H and O–H groups in total. The first kappa shape index (κ1) is 16.0. The minimum absolute atomic E-state index is 0.151. The maximum absolute atomic E-state index is 12.2. The van der Waals surface area contributed by atoms with Gasteiger partial charge in [-0.2, -0.15) is 0 Å². The van der Waals surface area contributed by atoms with Gasteiger partial charge in [0, 0.05) is 26.2 Å². The van der Waals surface area contributed by atoms with Crippen molar-refractivity contribution in [1.82, 2.24) is 9.88 Å². The Kier molecular flexibility index (Phi) is 5.12. The lowest BCUT2D eigenvalue weighted by Gasteiger charge is -2.12. The third-order valence-electron chi connectivity index (χ3n) is 3.22. The number of nitrogens with zero attached hydrogens (tertiary/aromatic N) is 3. The van der Waals surface area contributed by atoms with Crippen molar-refractivity contribution in [3.63, 3.8) is 0 Å². The molecule has 0 atom stereocenters. The summed E-state index contributed by atoms with van der Waals surface area (Å²) in [5.74, 6) is 0.398. The van der Waals surface area contributed by atoms with Gasteiger partial charge in [-0.3, -0.25) is 4.79 Å². The van der Waals surface area contributed by atoms with Crippen LogP contribution in [0.2, 0.25) is 0 Å². The van der Waals surface area contributed by atoms with Crippen LogP contribution in [0, 0.1) is 0 Å². The highest BCUT2D eigenvalue weighted by molar-refractivity contribution is 6.03. The maximum atomic E-state index is 12.2. The zero-order chi connectivity index (χ0) is 16.1. The molecule has 0 saturated heterocycles. The van der Waals surface area contributed by atoms with Crippen LogP contribution in [0.5, 0.6) is 0 Å². The summed E-state index contributed by atoms with van der Waals surface area (Å²) in [5.41, 5.74) is 2.79. The zero-order valence-electron chi connectivity index (χ0n) is 13.5. The van der Waals surface area contributed by atoms with E-state index in [0.29, 0.717) is 11.4 Å². The van der Waals surface area contributed by atoms with Gasteiger partial charge in [0.1, 0.15) is 5.82 Å². The fourth-order valence-electron chi connectivity index (χ4n) is 2.04. The molecule has 0 spiro atoms. The number of carbonyl (C=O) groups excluding carboxylic acids is 1. The number of benzene rings is 1. The molecule has 1 heterocycles. The normalized spacial score (nSPS) is 10.6. The predicted octanol–water partition coefficient (Wildman–Crippen LogP) is 2.46. The largest absolute Gasteiger partial charge is 0.376 e. The third-order valence-corrected chi connectivity index (χ3v) is 3.22. The molecule has 0 aliphatic carbocycles. The van der Waals surface area contributed by atoms with E-state index in [1.807, 2.05) is 63.4 Å². The first-order valence-electron chi connectivity index (χ1n) is 7.14. The Morgan fingerprint density at radius 2 is 1.73 bits per heavy atom. The first-order chi connectivity index (χ1) is 10.5. The Bertz CT molecular complexity index is 618. The fourth-order valence-corrected chi connectivity index (χ4v) is 2.04. The van der Waals surface area contributed by atoms with E-state index in [9.17, 15) is 4.79 Å². The van der Waals surface area contributed by atoms with Gasteiger partial charge in [0.15, 0.2) is 0 Å². The number of aromatic nitrogens is 1. The second-order valence-electron chi connectivity index (χ2n) is 5.68. The number of nitrogens with one attached hydrogen (secondary N) is 1. The van der Waals surface area contributed by atoms with E-state index in [4.69, 9.17) is 0 Å². The average Bonchev–Trinajstić information content (AvgIpc) is 2.48. The number of anilines is 2. The Hall–Kier alpha value is -2.40.